The maximum absolute atomic E-state index is 14.1. The number of benzene rings is 4. The van der Waals surface area contributed by atoms with Crippen LogP contribution in [-0.2, 0) is 21.6 Å². The van der Waals surface area contributed by atoms with Crippen molar-refractivity contribution in [2.45, 2.75) is 21.6 Å². The van der Waals surface area contributed by atoms with E-state index in [-0.39, 0.29) is 21.6 Å². The van der Waals surface area contributed by atoms with Gasteiger partial charge in [0.25, 0.3) is 0 Å². The third-order valence-electron chi connectivity index (χ3n) is 5.22. The van der Waals surface area contributed by atoms with E-state index in [4.69, 9.17) is 23.2 Å². The quantitative estimate of drug-likeness (QED) is 0.278. The largest absolute Gasteiger partial charge is 0.218 e. The van der Waals surface area contributed by atoms with Crippen molar-refractivity contribution >= 4 is 33.0 Å². The van der Waals surface area contributed by atoms with Crippen LogP contribution < -0.4 is 0 Å². The van der Waals surface area contributed by atoms with Crippen LogP contribution >= 0.6 is 23.2 Å². The highest BCUT2D eigenvalue weighted by molar-refractivity contribution is 7.91. The molecule has 4 rings (SSSR count). The van der Waals surface area contributed by atoms with Gasteiger partial charge in [0.1, 0.15) is 0 Å². The third kappa shape index (κ3) is 4.14. The van der Waals surface area contributed by atoms with Crippen molar-refractivity contribution in [3.63, 3.8) is 0 Å². The van der Waals surface area contributed by atoms with Crippen LogP contribution in [-0.4, -0.2) is 8.42 Å². The fourth-order valence-electron chi connectivity index (χ4n) is 3.81. The van der Waals surface area contributed by atoms with Crippen LogP contribution in [0.5, 0.6) is 0 Å². The predicted molar refractivity (Wildman–Crippen MR) is 128 cm³/mol. The summed E-state index contributed by atoms with van der Waals surface area (Å²) in [6.07, 6.45) is 0. The number of alkyl halides is 2. The summed E-state index contributed by atoms with van der Waals surface area (Å²) < 4.78 is 28.1. The molecule has 0 heterocycles. The smallest absolute Gasteiger partial charge is 0.207 e. The van der Waals surface area contributed by atoms with E-state index >= 15 is 0 Å². The summed E-state index contributed by atoms with van der Waals surface area (Å²) in [5.41, 5.74) is 4.42. The van der Waals surface area contributed by atoms with Gasteiger partial charge in [0.2, 0.25) is 9.84 Å². The van der Waals surface area contributed by atoms with Crippen molar-refractivity contribution in [1.82, 2.24) is 0 Å². The molecule has 31 heavy (non-hydrogen) atoms. The minimum atomic E-state index is -3.88. The first-order valence-electron chi connectivity index (χ1n) is 9.79. The average Bonchev–Trinajstić information content (AvgIpc) is 2.84. The predicted octanol–water partition coefficient (Wildman–Crippen LogP) is 7.33. The lowest BCUT2D eigenvalue weighted by Gasteiger charge is -2.18. The number of hydrogen-bond acceptors (Lipinski definition) is 2. The van der Waals surface area contributed by atoms with E-state index < -0.39 is 9.84 Å². The molecule has 0 saturated heterocycles. The van der Waals surface area contributed by atoms with Gasteiger partial charge in [-0.1, -0.05) is 84.9 Å². The molecule has 0 amide bonds. The maximum Gasteiger partial charge on any atom is 0.207 e. The molecular weight excluding hydrogens is 447 g/mol. The summed E-state index contributed by atoms with van der Waals surface area (Å²) in [5.74, 6) is 0.418. The van der Waals surface area contributed by atoms with Crippen molar-refractivity contribution in [1.29, 1.82) is 0 Å². The van der Waals surface area contributed by atoms with Crippen LogP contribution in [0.3, 0.4) is 0 Å². The fraction of sp³-hybridized carbons (Fsp3) is 0.0769. The van der Waals surface area contributed by atoms with Crippen LogP contribution in [0.4, 0.5) is 0 Å². The molecule has 0 spiro atoms. The minimum Gasteiger partial charge on any atom is -0.218 e. The van der Waals surface area contributed by atoms with E-state index in [1.54, 1.807) is 24.3 Å². The molecule has 0 bridgehead atoms. The van der Waals surface area contributed by atoms with Gasteiger partial charge in [-0.3, -0.25) is 0 Å². The molecule has 2 nitrogen and oxygen atoms in total. The van der Waals surface area contributed by atoms with Gasteiger partial charge in [-0.2, -0.15) is 0 Å². The van der Waals surface area contributed by atoms with E-state index in [1.807, 2.05) is 72.8 Å². The van der Waals surface area contributed by atoms with Crippen molar-refractivity contribution in [3.05, 3.63) is 108 Å². The minimum absolute atomic E-state index is 0.209. The topological polar surface area (TPSA) is 34.1 Å². The molecule has 4 aromatic carbocycles. The molecule has 0 aliphatic rings. The van der Waals surface area contributed by atoms with Crippen molar-refractivity contribution in [3.8, 4) is 22.3 Å². The summed E-state index contributed by atoms with van der Waals surface area (Å²) in [4.78, 5) is 0.474. The average molecular weight is 467 g/mol. The van der Waals surface area contributed by atoms with E-state index in [1.165, 1.54) is 0 Å². The highest BCUT2D eigenvalue weighted by Gasteiger charge is 2.27. The highest BCUT2D eigenvalue weighted by atomic mass is 35.5. The lowest BCUT2D eigenvalue weighted by Crippen LogP contribution is -2.08. The second kappa shape index (κ2) is 9.27. The highest BCUT2D eigenvalue weighted by Crippen LogP contribution is 2.39. The Kier molecular flexibility index (Phi) is 6.47. The first-order valence-corrected chi connectivity index (χ1v) is 12.3. The Morgan fingerprint density at radius 2 is 0.903 bits per heavy atom. The van der Waals surface area contributed by atoms with E-state index in [0.29, 0.717) is 11.1 Å². The Morgan fingerprint density at radius 1 is 0.516 bits per heavy atom. The number of rotatable bonds is 6. The van der Waals surface area contributed by atoms with Crippen LogP contribution in [0.25, 0.3) is 22.3 Å². The molecule has 0 unspecified atom stereocenters. The summed E-state index contributed by atoms with van der Waals surface area (Å²) in [7, 11) is -3.88. The van der Waals surface area contributed by atoms with Crippen LogP contribution in [0, 0.1) is 0 Å². The Labute approximate surface area is 193 Å². The third-order valence-corrected chi connectivity index (χ3v) is 7.63. The molecule has 0 N–H and O–H groups in total. The second-order valence-electron chi connectivity index (χ2n) is 7.08. The zero-order valence-corrected chi connectivity index (χ0v) is 19.0. The first-order chi connectivity index (χ1) is 15.1. The van der Waals surface area contributed by atoms with E-state index in [2.05, 4.69) is 0 Å². The Balaban J connectivity index is 2.03. The molecule has 156 valence electrons. The molecule has 0 aromatic heterocycles. The number of sulfone groups is 1. The van der Waals surface area contributed by atoms with Gasteiger partial charge in [-0.15, -0.1) is 23.2 Å². The zero-order valence-electron chi connectivity index (χ0n) is 16.6. The molecule has 0 atom stereocenters. The van der Waals surface area contributed by atoms with Gasteiger partial charge < -0.3 is 0 Å². The molecule has 0 aliphatic carbocycles. The zero-order chi connectivity index (χ0) is 21.8. The maximum atomic E-state index is 14.1. The number of halogens is 2. The van der Waals surface area contributed by atoms with E-state index in [9.17, 15) is 8.42 Å². The lowest BCUT2D eigenvalue weighted by atomic mass is 10.0. The lowest BCUT2D eigenvalue weighted by molar-refractivity contribution is 0.596. The van der Waals surface area contributed by atoms with Crippen molar-refractivity contribution in [2.24, 2.45) is 0 Å². The Hall–Kier alpha value is -2.59. The molecule has 5 heteroatoms. The normalized spacial score (nSPS) is 11.4. The van der Waals surface area contributed by atoms with Gasteiger partial charge in [0.15, 0.2) is 0 Å². The molecular formula is C26H20Cl2O2S. The van der Waals surface area contributed by atoms with Gasteiger partial charge in [0.05, 0.1) is 9.79 Å². The Bertz CT molecular complexity index is 1210. The van der Waals surface area contributed by atoms with Crippen molar-refractivity contribution in [2.75, 3.05) is 0 Å². The first kappa shape index (κ1) is 21.6. The monoisotopic (exact) mass is 466 g/mol. The SMILES string of the molecule is O=S(=O)(c1cccc(CCl)c1-c1ccccc1)c1cccc(CCl)c1-c1ccccc1. The van der Waals surface area contributed by atoms with Crippen LogP contribution in [0.1, 0.15) is 11.1 Å². The summed E-state index contributed by atoms with van der Waals surface area (Å²) >= 11 is 12.4. The van der Waals surface area contributed by atoms with Gasteiger partial charge in [-0.05, 0) is 34.4 Å². The van der Waals surface area contributed by atoms with Crippen LogP contribution in [0.2, 0.25) is 0 Å². The molecule has 0 radical (unpaired) electrons. The van der Waals surface area contributed by atoms with Crippen molar-refractivity contribution < 1.29 is 8.42 Å². The summed E-state index contributed by atoms with van der Waals surface area (Å²) in [5, 5.41) is 0. The Morgan fingerprint density at radius 3 is 1.26 bits per heavy atom. The summed E-state index contributed by atoms with van der Waals surface area (Å²) in [6, 6.07) is 29.5. The van der Waals surface area contributed by atoms with Gasteiger partial charge >= 0.3 is 0 Å². The molecule has 4 aromatic rings. The number of hydrogen-bond donors (Lipinski definition) is 0. The molecule has 0 fully saturated rings. The molecule has 0 aliphatic heterocycles. The summed E-state index contributed by atoms with van der Waals surface area (Å²) in [6.45, 7) is 0. The van der Waals surface area contributed by atoms with E-state index in [0.717, 1.165) is 22.3 Å². The fourth-order valence-corrected chi connectivity index (χ4v) is 6.04. The van der Waals surface area contributed by atoms with Gasteiger partial charge in [-0.25, -0.2) is 8.42 Å². The molecule has 0 saturated carbocycles. The standard InChI is InChI=1S/C26H20Cl2O2S/c27-17-21-13-7-15-23(25(21)19-9-3-1-4-10-19)31(29,30)24-16-8-14-22(18-28)26(24)20-11-5-2-6-12-20/h1-16H,17-18H2. The van der Waals surface area contributed by atoms with Crippen LogP contribution in [0.15, 0.2) is 107 Å². The van der Waals surface area contributed by atoms with Gasteiger partial charge in [0, 0.05) is 22.9 Å². The second-order valence-corrected chi connectivity index (χ2v) is 9.50.